The summed E-state index contributed by atoms with van der Waals surface area (Å²) in [7, 11) is 0. The second-order valence-corrected chi connectivity index (χ2v) is 8.04. The third-order valence-corrected chi connectivity index (χ3v) is 5.60. The van der Waals surface area contributed by atoms with Gasteiger partial charge in [-0.15, -0.1) is 0 Å². The van der Waals surface area contributed by atoms with Crippen LogP contribution in [-0.4, -0.2) is 35.5 Å². The molecule has 0 spiro atoms. The smallest absolute Gasteiger partial charge is 0.227 e. The van der Waals surface area contributed by atoms with E-state index in [0.29, 0.717) is 19.0 Å². The van der Waals surface area contributed by atoms with Crippen molar-refractivity contribution in [1.29, 1.82) is 0 Å². The fourth-order valence-electron chi connectivity index (χ4n) is 3.85. The first kappa shape index (κ1) is 20.8. The van der Waals surface area contributed by atoms with Gasteiger partial charge in [-0.25, -0.2) is 4.98 Å². The molecule has 6 heteroatoms. The number of rotatable bonds is 7. The number of piperidine rings is 1. The molecule has 1 fully saturated rings. The summed E-state index contributed by atoms with van der Waals surface area (Å²) in [6, 6.07) is 20.3. The minimum absolute atomic E-state index is 0.0400. The SMILES string of the molecule is Cc1ccc(Nc2ccnc(N3CCCC(C(=O)NCCc4ccccc4)C3)n2)cc1. The average Bonchev–Trinajstić information content (AvgIpc) is 2.81. The molecular formula is C25H29N5O. The molecule has 6 nitrogen and oxygen atoms in total. The van der Waals surface area contributed by atoms with Crippen LogP contribution in [0, 0.1) is 12.8 Å². The van der Waals surface area contributed by atoms with Gasteiger partial charge in [-0.1, -0.05) is 48.0 Å². The van der Waals surface area contributed by atoms with E-state index >= 15 is 0 Å². The van der Waals surface area contributed by atoms with Crippen molar-refractivity contribution in [3.8, 4) is 0 Å². The topological polar surface area (TPSA) is 70.2 Å². The normalized spacial score (nSPS) is 16.0. The lowest BCUT2D eigenvalue weighted by Gasteiger charge is -2.32. The Kier molecular flexibility index (Phi) is 6.77. The minimum atomic E-state index is -0.0400. The van der Waals surface area contributed by atoms with E-state index in [0.717, 1.165) is 37.3 Å². The van der Waals surface area contributed by atoms with E-state index < -0.39 is 0 Å². The molecule has 1 amide bonds. The molecule has 160 valence electrons. The third-order valence-electron chi connectivity index (χ3n) is 5.60. The zero-order valence-corrected chi connectivity index (χ0v) is 17.9. The summed E-state index contributed by atoms with van der Waals surface area (Å²) >= 11 is 0. The molecule has 0 bridgehead atoms. The Hall–Kier alpha value is -3.41. The summed E-state index contributed by atoms with van der Waals surface area (Å²) in [6.07, 6.45) is 4.46. The van der Waals surface area contributed by atoms with Gasteiger partial charge < -0.3 is 15.5 Å². The summed E-state index contributed by atoms with van der Waals surface area (Å²) in [5.74, 6) is 1.50. The first-order valence-electron chi connectivity index (χ1n) is 10.9. The highest BCUT2D eigenvalue weighted by Crippen LogP contribution is 2.22. The highest BCUT2D eigenvalue weighted by molar-refractivity contribution is 5.79. The van der Waals surface area contributed by atoms with E-state index in [2.05, 4.69) is 56.7 Å². The lowest BCUT2D eigenvalue weighted by molar-refractivity contribution is -0.125. The predicted molar refractivity (Wildman–Crippen MR) is 125 cm³/mol. The van der Waals surface area contributed by atoms with E-state index in [1.807, 2.05) is 36.4 Å². The highest BCUT2D eigenvalue weighted by atomic mass is 16.1. The monoisotopic (exact) mass is 415 g/mol. The van der Waals surface area contributed by atoms with Crippen molar-refractivity contribution in [2.24, 2.45) is 5.92 Å². The van der Waals surface area contributed by atoms with Gasteiger partial charge in [-0.2, -0.15) is 4.98 Å². The second kappa shape index (κ2) is 10.1. The molecular weight excluding hydrogens is 386 g/mol. The van der Waals surface area contributed by atoms with Crippen LogP contribution in [0.25, 0.3) is 0 Å². The summed E-state index contributed by atoms with van der Waals surface area (Å²) in [4.78, 5) is 24.0. The Labute approximate surface area is 183 Å². The molecule has 31 heavy (non-hydrogen) atoms. The number of amides is 1. The largest absolute Gasteiger partial charge is 0.355 e. The highest BCUT2D eigenvalue weighted by Gasteiger charge is 2.27. The van der Waals surface area contributed by atoms with Crippen molar-refractivity contribution in [3.63, 3.8) is 0 Å². The summed E-state index contributed by atoms with van der Waals surface area (Å²) < 4.78 is 0. The van der Waals surface area contributed by atoms with E-state index in [4.69, 9.17) is 0 Å². The fourth-order valence-corrected chi connectivity index (χ4v) is 3.85. The van der Waals surface area contributed by atoms with Crippen LogP contribution in [0.1, 0.15) is 24.0 Å². The molecule has 1 unspecified atom stereocenters. The number of nitrogens with zero attached hydrogens (tertiary/aromatic N) is 3. The van der Waals surface area contributed by atoms with Crippen LogP contribution in [0.3, 0.4) is 0 Å². The van der Waals surface area contributed by atoms with Crippen LogP contribution in [0.5, 0.6) is 0 Å². The molecule has 0 saturated carbocycles. The number of nitrogens with one attached hydrogen (secondary N) is 2. The second-order valence-electron chi connectivity index (χ2n) is 8.04. The molecule has 0 radical (unpaired) electrons. The Bertz CT molecular complexity index is 990. The number of aryl methyl sites for hydroxylation is 1. The molecule has 1 aliphatic heterocycles. The van der Waals surface area contributed by atoms with Gasteiger partial charge in [0.15, 0.2) is 0 Å². The van der Waals surface area contributed by atoms with Crippen LogP contribution < -0.4 is 15.5 Å². The van der Waals surface area contributed by atoms with Gasteiger partial charge in [0.2, 0.25) is 11.9 Å². The van der Waals surface area contributed by atoms with Crippen molar-refractivity contribution < 1.29 is 4.79 Å². The molecule has 3 aromatic rings. The van der Waals surface area contributed by atoms with Crippen molar-refractivity contribution in [1.82, 2.24) is 15.3 Å². The molecule has 1 atom stereocenters. The average molecular weight is 416 g/mol. The fraction of sp³-hybridized carbons (Fsp3) is 0.320. The molecule has 2 N–H and O–H groups in total. The van der Waals surface area contributed by atoms with Crippen LogP contribution in [0.4, 0.5) is 17.5 Å². The van der Waals surface area contributed by atoms with Crippen LogP contribution >= 0.6 is 0 Å². The van der Waals surface area contributed by atoms with Gasteiger partial charge in [0, 0.05) is 31.5 Å². The van der Waals surface area contributed by atoms with E-state index in [1.54, 1.807) is 6.20 Å². The minimum Gasteiger partial charge on any atom is -0.355 e. The number of hydrogen-bond acceptors (Lipinski definition) is 5. The molecule has 0 aliphatic carbocycles. The van der Waals surface area contributed by atoms with Crippen molar-refractivity contribution >= 4 is 23.4 Å². The Morgan fingerprint density at radius 2 is 1.90 bits per heavy atom. The first-order valence-corrected chi connectivity index (χ1v) is 10.9. The third kappa shape index (κ3) is 5.81. The first-order chi connectivity index (χ1) is 15.2. The molecule has 2 heterocycles. The molecule has 1 aliphatic rings. The maximum absolute atomic E-state index is 12.7. The van der Waals surface area contributed by atoms with Crippen molar-refractivity contribution in [2.75, 3.05) is 29.9 Å². The van der Waals surface area contributed by atoms with Crippen LogP contribution in [-0.2, 0) is 11.2 Å². The van der Waals surface area contributed by atoms with Gasteiger partial charge in [0.25, 0.3) is 0 Å². The standard InChI is InChI=1S/C25H29N5O/c1-19-9-11-22(12-10-19)28-23-14-16-27-25(29-23)30-17-5-8-21(18-30)24(31)26-15-13-20-6-3-2-4-7-20/h2-4,6-7,9-12,14,16,21H,5,8,13,15,17-18H2,1H3,(H,26,31)(H,27,28,29). The zero-order valence-electron chi connectivity index (χ0n) is 17.9. The Morgan fingerprint density at radius 1 is 1.10 bits per heavy atom. The molecule has 1 saturated heterocycles. The number of carbonyl (C=O) groups is 1. The summed E-state index contributed by atoms with van der Waals surface area (Å²) in [5, 5.41) is 6.43. The predicted octanol–water partition coefficient (Wildman–Crippen LogP) is 4.10. The number of aromatic nitrogens is 2. The van der Waals surface area contributed by atoms with Gasteiger partial charge >= 0.3 is 0 Å². The maximum atomic E-state index is 12.7. The number of benzene rings is 2. The lowest BCUT2D eigenvalue weighted by atomic mass is 9.97. The number of hydrogen-bond donors (Lipinski definition) is 2. The van der Waals surface area contributed by atoms with E-state index in [-0.39, 0.29) is 11.8 Å². The summed E-state index contributed by atoms with van der Waals surface area (Å²) in [6.45, 7) is 4.23. The summed E-state index contributed by atoms with van der Waals surface area (Å²) in [5.41, 5.74) is 3.44. The Morgan fingerprint density at radius 3 is 2.71 bits per heavy atom. The molecule has 2 aromatic carbocycles. The van der Waals surface area contributed by atoms with Gasteiger partial charge in [-0.3, -0.25) is 4.79 Å². The van der Waals surface area contributed by atoms with Crippen LogP contribution in [0.2, 0.25) is 0 Å². The van der Waals surface area contributed by atoms with Crippen LogP contribution in [0.15, 0.2) is 66.9 Å². The maximum Gasteiger partial charge on any atom is 0.227 e. The van der Waals surface area contributed by atoms with Crippen molar-refractivity contribution in [3.05, 3.63) is 78.0 Å². The van der Waals surface area contributed by atoms with Gasteiger partial charge in [-0.05, 0) is 49.9 Å². The van der Waals surface area contributed by atoms with Gasteiger partial charge in [0.05, 0.1) is 5.92 Å². The quantitative estimate of drug-likeness (QED) is 0.608. The number of anilines is 3. The van der Waals surface area contributed by atoms with Gasteiger partial charge in [0.1, 0.15) is 5.82 Å². The molecule has 1 aromatic heterocycles. The zero-order chi connectivity index (χ0) is 21.5. The number of carbonyl (C=O) groups excluding carboxylic acids is 1. The van der Waals surface area contributed by atoms with Crippen molar-refractivity contribution in [2.45, 2.75) is 26.2 Å². The lowest BCUT2D eigenvalue weighted by Crippen LogP contribution is -2.44. The molecule has 4 rings (SSSR count). The van der Waals surface area contributed by atoms with E-state index in [1.165, 1.54) is 11.1 Å². The van der Waals surface area contributed by atoms with E-state index in [9.17, 15) is 4.79 Å². The Balaban J connectivity index is 1.33.